The lowest BCUT2D eigenvalue weighted by Crippen LogP contribution is -2.29. The van der Waals surface area contributed by atoms with Gasteiger partial charge in [0, 0.05) is 18.3 Å². The molecule has 2 rings (SSSR count). The highest BCUT2D eigenvalue weighted by Crippen LogP contribution is 2.22. The topological polar surface area (TPSA) is 46.3 Å². The van der Waals surface area contributed by atoms with Crippen molar-refractivity contribution in [1.82, 2.24) is 4.90 Å². The zero-order valence-electron chi connectivity index (χ0n) is 11.5. The molecule has 0 saturated carbocycles. The van der Waals surface area contributed by atoms with Gasteiger partial charge in [-0.15, -0.1) is 0 Å². The molecule has 2 N–H and O–H groups in total. The average molecular weight is 272 g/mol. The molecule has 3 nitrogen and oxygen atoms in total. The molecule has 1 unspecified atom stereocenters. The third kappa shape index (κ3) is 2.96. The Kier molecular flexibility index (Phi) is 4.03. The number of hydrogen-bond acceptors (Lipinski definition) is 2. The fourth-order valence-electron chi connectivity index (χ4n) is 2.01. The smallest absolute Gasteiger partial charge is 0.254 e. The Hall–Kier alpha value is -2.36. The van der Waals surface area contributed by atoms with Crippen molar-refractivity contribution in [2.24, 2.45) is 0 Å². The van der Waals surface area contributed by atoms with E-state index in [2.05, 4.69) is 0 Å². The zero-order valence-corrected chi connectivity index (χ0v) is 11.5. The molecular weight excluding hydrogens is 255 g/mol. The molecule has 20 heavy (non-hydrogen) atoms. The molecule has 0 saturated heterocycles. The van der Waals surface area contributed by atoms with Crippen molar-refractivity contribution >= 4 is 11.6 Å². The van der Waals surface area contributed by atoms with Crippen molar-refractivity contribution in [3.8, 4) is 0 Å². The second kappa shape index (κ2) is 5.74. The summed E-state index contributed by atoms with van der Waals surface area (Å²) in [5.41, 5.74) is 7.84. The molecule has 0 aliphatic rings. The second-order valence-corrected chi connectivity index (χ2v) is 4.77. The maximum Gasteiger partial charge on any atom is 0.254 e. The van der Waals surface area contributed by atoms with Crippen LogP contribution in [0, 0.1) is 5.82 Å². The molecule has 104 valence electrons. The standard InChI is InChI=1S/C16H17FN2O/c1-11(13-4-3-5-15(18)10-13)19(2)16(20)12-6-8-14(17)9-7-12/h3-11H,18H2,1-2H3. The summed E-state index contributed by atoms with van der Waals surface area (Å²) in [6.07, 6.45) is 0. The van der Waals surface area contributed by atoms with Gasteiger partial charge in [-0.1, -0.05) is 12.1 Å². The molecule has 0 aliphatic carbocycles. The van der Waals surface area contributed by atoms with Crippen LogP contribution in [0.5, 0.6) is 0 Å². The first-order valence-corrected chi connectivity index (χ1v) is 6.37. The average Bonchev–Trinajstić information content (AvgIpc) is 2.46. The van der Waals surface area contributed by atoms with Crippen molar-refractivity contribution in [1.29, 1.82) is 0 Å². The molecule has 0 bridgehead atoms. The highest BCUT2D eigenvalue weighted by atomic mass is 19.1. The maximum atomic E-state index is 12.9. The van der Waals surface area contributed by atoms with Gasteiger partial charge in [0.25, 0.3) is 5.91 Å². The van der Waals surface area contributed by atoms with E-state index in [0.717, 1.165) is 5.56 Å². The van der Waals surface area contributed by atoms with Crippen LogP contribution in [0.15, 0.2) is 48.5 Å². The number of nitrogens with two attached hydrogens (primary N) is 1. The summed E-state index contributed by atoms with van der Waals surface area (Å²) >= 11 is 0. The summed E-state index contributed by atoms with van der Waals surface area (Å²) in [5.74, 6) is -0.506. The van der Waals surface area contributed by atoms with Crippen molar-refractivity contribution in [2.45, 2.75) is 13.0 Å². The third-order valence-corrected chi connectivity index (χ3v) is 3.39. The molecule has 0 aromatic heterocycles. The third-order valence-electron chi connectivity index (χ3n) is 3.39. The largest absolute Gasteiger partial charge is 0.399 e. The van der Waals surface area contributed by atoms with E-state index in [4.69, 9.17) is 5.73 Å². The molecule has 0 aliphatic heterocycles. The van der Waals surface area contributed by atoms with Gasteiger partial charge >= 0.3 is 0 Å². The molecule has 1 amide bonds. The highest BCUT2D eigenvalue weighted by molar-refractivity contribution is 5.94. The SMILES string of the molecule is CC(c1cccc(N)c1)N(C)C(=O)c1ccc(F)cc1. The van der Waals surface area contributed by atoms with Gasteiger partial charge in [-0.3, -0.25) is 4.79 Å². The van der Waals surface area contributed by atoms with Gasteiger partial charge in [0.1, 0.15) is 5.82 Å². The first-order chi connectivity index (χ1) is 9.49. The molecule has 0 spiro atoms. The second-order valence-electron chi connectivity index (χ2n) is 4.77. The van der Waals surface area contributed by atoms with Crippen molar-refractivity contribution in [3.05, 3.63) is 65.5 Å². The minimum atomic E-state index is -0.354. The number of anilines is 1. The summed E-state index contributed by atoms with van der Waals surface area (Å²) in [5, 5.41) is 0. The summed E-state index contributed by atoms with van der Waals surface area (Å²) in [7, 11) is 1.72. The van der Waals surface area contributed by atoms with Crippen LogP contribution >= 0.6 is 0 Å². The van der Waals surface area contributed by atoms with Crippen LogP contribution in [0.25, 0.3) is 0 Å². The Labute approximate surface area is 117 Å². The Bertz CT molecular complexity index is 610. The molecular formula is C16H17FN2O. The van der Waals surface area contributed by atoms with E-state index in [-0.39, 0.29) is 17.8 Å². The lowest BCUT2D eigenvalue weighted by molar-refractivity contribution is 0.0742. The van der Waals surface area contributed by atoms with Gasteiger partial charge in [0.05, 0.1) is 6.04 Å². The van der Waals surface area contributed by atoms with Crippen LogP contribution in [0.4, 0.5) is 10.1 Å². The fourth-order valence-corrected chi connectivity index (χ4v) is 2.01. The quantitative estimate of drug-likeness (QED) is 0.872. The molecule has 1 atom stereocenters. The zero-order chi connectivity index (χ0) is 14.7. The van der Waals surface area contributed by atoms with E-state index in [1.54, 1.807) is 18.0 Å². The number of hydrogen-bond donors (Lipinski definition) is 1. The van der Waals surface area contributed by atoms with E-state index in [0.29, 0.717) is 11.3 Å². The number of nitrogens with zero attached hydrogens (tertiary/aromatic N) is 1. The van der Waals surface area contributed by atoms with E-state index >= 15 is 0 Å². The normalized spacial score (nSPS) is 11.9. The maximum absolute atomic E-state index is 12.9. The van der Waals surface area contributed by atoms with Gasteiger partial charge in [-0.25, -0.2) is 4.39 Å². The fraction of sp³-hybridized carbons (Fsp3) is 0.188. The minimum absolute atomic E-state index is 0.115. The van der Waals surface area contributed by atoms with Crippen molar-refractivity contribution < 1.29 is 9.18 Å². The molecule has 0 radical (unpaired) electrons. The van der Waals surface area contributed by atoms with Crippen molar-refractivity contribution in [3.63, 3.8) is 0 Å². The lowest BCUT2D eigenvalue weighted by Gasteiger charge is -2.25. The van der Waals surface area contributed by atoms with Crippen LogP contribution in [0.3, 0.4) is 0 Å². The monoisotopic (exact) mass is 272 g/mol. The lowest BCUT2D eigenvalue weighted by atomic mass is 10.1. The number of halogens is 1. The summed E-state index contributed by atoms with van der Waals surface area (Å²) in [4.78, 5) is 13.9. The molecule has 4 heteroatoms. The molecule has 0 fully saturated rings. The van der Waals surface area contributed by atoms with Crippen LogP contribution in [-0.4, -0.2) is 17.9 Å². The molecule has 0 heterocycles. The Morgan fingerprint density at radius 3 is 2.45 bits per heavy atom. The predicted octanol–water partition coefficient (Wildman–Crippen LogP) is 3.24. The van der Waals surface area contributed by atoms with Crippen LogP contribution in [0.1, 0.15) is 28.9 Å². The number of amides is 1. The number of benzene rings is 2. The van der Waals surface area contributed by atoms with Crippen molar-refractivity contribution in [2.75, 3.05) is 12.8 Å². The summed E-state index contributed by atoms with van der Waals surface area (Å²) in [6.45, 7) is 1.93. The molecule has 2 aromatic rings. The molecule has 2 aromatic carbocycles. The van der Waals surface area contributed by atoms with Gasteiger partial charge < -0.3 is 10.6 Å². The highest BCUT2D eigenvalue weighted by Gasteiger charge is 2.18. The van der Waals surface area contributed by atoms with E-state index in [1.807, 2.05) is 25.1 Å². The van der Waals surface area contributed by atoms with Crippen LogP contribution in [-0.2, 0) is 0 Å². The van der Waals surface area contributed by atoms with E-state index in [9.17, 15) is 9.18 Å². The van der Waals surface area contributed by atoms with Gasteiger partial charge in [0.15, 0.2) is 0 Å². The Morgan fingerprint density at radius 2 is 1.85 bits per heavy atom. The van der Waals surface area contributed by atoms with E-state index < -0.39 is 0 Å². The predicted molar refractivity (Wildman–Crippen MR) is 77.8 cm³/mol. The first kappa shape index (κ1) is 14.1. The summed E-state index contributed by atoms with van der Waals surface area (Å²) in [6, 6.07) is 12.9. The van der Waals surface area contributed by atoms with Crippen LogP contribution in [0.2, 0.25) is 0 Å². The van der Waals surface area contributed by atoms with Gasteiger partial charge in [0.2, 0.25) is 0 Å². The Morgan fingerprint density at radius 1 is 1.20 bits per heavy atom. The van der Waals surface area contributed by atoms with Gasteiger partial charge in [-0.05, 0) is 48.9 Å². The first-order valence-electron chi connectivity index (χ1n) is 6.37. The minimum Gasteiger partial charge on any atom is -0.399 e. The number of nitrogen functional groups attached to an aromatic ring is 1. The van der Waals surface area contributed by atoms with Gasteiger partial charge in [-0.2, -0.15) is 0 Å². The number of carbonyl (C=O) groups is 1. The van der Waals surface area contributed by atoms with E-state index in [1.165, 1.54) is 24.3 Å². The number of carbonyl (C=O) groups excluding carboxylic acids is 1. The summed E-state index contributed by atoms with van der Waals surface area (Å²) < 4.78 is 12.9. The van der Waals surface area contributed by atoms with Crippen LogP contribution < -0.4 is 5.73 Å². The Balaban J connectivity index is 2.20. The number of rotatable bonds is 3.